The fourth-order valence-electron chi connectivity index (χ4n) is 2.68. The number of hydrogen-bond donors (Lipinski definition) is 1. The third-order valence-electron chi connectivity index (χ3n) is 3.75. The SMILES string of the molecule is CNc1ccc(C(=O)N2CCCC2C(C)C)cc1. The summed E-state index contributed by atoms with van der Waals surface area (Å²) in [5.74, 6) is 0.710. The molecule has 1 fully saturated rings. The van der Waals surface area contributed by atoms with Crippen molar-refractivity contribution < 1.29 is 4.79 Å². The molecule has 1 heterocycles. The van der Waals surface area contributed by atoms with Crippen LogP contribution in [0.15, 0.2) is 24.3 Å². The first kappa shape index (κ1) is 12.9. The number of carbonyl (C=O) groups excluding carboxylic acids is 1. The van der Waals surface area contributed by atoms with Crippen molar-refractivity contribution in [3.05, 3.63) is 29.8 Å². The Morgan fingerprint density at radius 1 is 1.33 bits per heavy atom. The van der Waals surface area contributed by atoms with E-state index in [1.165, 1.54) is 0 Å². The minimum atomic E-state index is 0.175. The Kier molecular flexibility index (Phi) is 3.90. The highest BCUT2D eigenvalue weighted by Gasteiger charge is 2.31. The minimum Gasteiger partial charge on any atom is -0.388 e. The Morgan fingerprint density at radius 3 is 2.56 bits per heavy atom. The number of carbonyl (C=O) groups is 1. The highest BCUT2D eigenvalue weighted by atomic mass is 16.2. The highest BCUT2D eigenvalue weighted by Crippen LogP contribution is 2.25. The van der Waals surface area contributed by atoms with Crippen LogP contribution >= 0.6 is 0 Å². The van der Waals surface area contributed by atoms with Gasteiger partial charge in [0, 0.05) is 30.9 Å². The van der Waals surface area contributed by atoms with E-state index in [4.69, 9.17) is 0 Å². The largest absolute Gasteiger partial charge is 0.388 e. The summed E-state index contributed by atoms with van der Waals surface area (Å²) in [6.45, 7) is 5.29. The van der Waals surface area contributed by atoms with Gasteiger partial charge in [0.25, 0.3) is 5.91 Å². The van der Waals surface area contributed by atoms with Crippen LogP contribution in [0.3, 0.4) is 0 Å². The molecule has 0 bridgehead atoms. The Labute approximate surface area is 109 Å². The molecule has 18 heavy (non-hydrogen) atoms. The van der Waals surface area contributed by atoms with Gasteiger partial charge in [0.15, 0.2) is 0 Å². The van der Waals surface area contributed by atoms with Gasteiger partial charge in [0.05, 0.1) is 0 Å². The van der Waals surface area contributed by atoms with E-state index in [9.17, 15) is 4.79 Å². The molecule has 1 aromatic carbocycles. The lowest BCUT2D eigenvalue weighted by Crippen LogP contribution is -2.38. The van der Waals surface area contributed by atoms with Gasteiger partial charge in [-0.25, -0.2) is 0 Å². The van der Waals surface area contributed by atoms with E-state index in [0.29, 0.717) is 12.0 Å². The van der Waals surface area contributed by atoms with E-state index in [-0.39, 0.29) is 5.91 Å². The average molecular weight is 246 g/mol. The molecule has 0 saturated carbocycles. The van der Waals surface area contributed by atoms with Crippen LogP contribution in [0, 0.1) is 5.92 Å². The van der Waals surface area contributed by atoms with Crippen LogP contribution in [0.1, 0.15) is 37.0 Å². The first-order chi connectivity index (χ1) is 8.63. The second kappa shape index (κ2) is 5.42. The number of anilines is 1. The Hall–Kier alpha value is -1.51. The van der Waals surface area contributed by atoms with E-state index in [1.54, 1.807) is 0 Å². The number of nitrogens with one attached hydrogen (secondary N) is 1. The van der Waals surface area contributed by atoms with Crippen LogP contribution < -0.4 is 5.32 Å². The molecular formula is C15H22N2O. The maximum atomic E-state index is 12.5. The standard InChI is InChI=1S/C15H22N2O/c1-11(2)14-5-4-10-17(14)15(18)12-6-8-13(16-3)9-7-12/h6-9,11,14,16H,4-5,10H2,1-3H3. The number of amides is 1. The maximum Gasteiger partial charge on any atom is 0.254 e. The summed E-state index contributed by atoms with van der Waals surface area (Å²) in [6, 6.07) is 8.12. The lowest BCUT2D eigenvalue weighted by Gasteiger charge is -2.27. The van der Waals surface area contributed by atoms with Crippen LogP contribution in [0.2, 0.25) is 0 Å². The van der Waals surface area contributed by atoms with Crippen LogP contribution in [-0.2, 0) is 0 Å². The molecule has 1 unspecified atom stereocenters. The zero-order valence-corrected chi connectivity index (χ0v) is 11.4. The van der Waals surface area contributed by atoms with Crippen LogP contribution in [0.5, 0.6) is 0 Å². The number of likely N-dealkylation sites (tertiary alicyclic amines) is 1. The van der Waals surface area contributed by atoms with Crippen molar-refractivity contribution in [2.45, 2.75) is 32.7 Å². The zero-order valence-electron chi connectivity index (χ0n) is 11.4. The Balaban J connectivity index is 2.14. The van der Waals surface area contributed by atoms with E-state index in [0.717, 1.165) is 30.6 Å². The van der Waals surface area contributed by atoms with Crippen molar-refractivity contribution in [1.29, 1.82) is 0 Å². The second-order valence-corrected chi connectivity index (χ2v) is 5.28. The van der Waals surface area contributed by atoms with Crippen molar-refractivity contribution >= 4 is 11.6 Å². The fraction of sp³-hybridized carbons (Fsp3) is 0.533. The molecule has 3 heteroatoms. The van der Waals surface area contributed by atoms with Gasteiger partial charge >= 0.3 is 0 Å². The molecule has 2 rings (SSSR count). The first-order valence-corrected chi connectivity index (χ1v) is 6.72. The van der Waals surface area contributed by atoms with Crippen LogP contribution in [-0.4, -0.2) is 30.4 Å². The monoisotopic (exact) mass is 246 g/mol. The molecule has 1 atom stereocenters. The topological polar surface area (TPSA) is 32.3 Å². The lowest BCUT2D eigenvalue weighted by atomic mass is 10.0. The van der Waals surface area contributed by atoms with E-state index in [2.05, 4.69) is 19.2 Å². The quantitative estimate of drug-likeness (QED) is 0.889. The van der Waals surface area contributed by atoms with Gasteiger partial charge in [0.2, 0.25) is 0 Å². The summed E-state index contributed by atoms with van der Waals surface area (Å²) in [7, 11) is 1.88. The molecule has 0 aliphatic carbocycles. The van der Waals surface area contributed by atoms with Crippen molar-refractivity contribution in [1.82, 2.24) is 4.90 Å². The number of rotatable bonds is 3. The van der Waals surface area contributed by atoms with Gasteiger partial charge in [-0.05, 0) is 43.0 Å². The molecule has 1 aromatic rings. The molecule has 0 radical (unpaired) electrons. The molecule has 1 amide bonds. The second-order valence-electron chi connectivity index (χ2n) is 5.28. The van der Waals surface area contributed by atoms with E-state index >= 15 is 0 Å². The van der Waals surface area contributed by atoms with Crippen LogP contribution in [0.4, 0.5) is 5.69 Å². The number of nitrogens with zero attached hydrogens (tertiary/aromatic N) is 1. The van der Waals surface area contributed by atoms with Crippen molar-refractivity contribution in [3.8, 4) is 0 Å². The molecule has 3 nitrogen and oxygen atoms in total. The summed E-state index contributed by atoms with van der Waals surface area (Å²) in [6.07, 6.45) is 2.27. The molecule has 98 valence electrons. The first-order valence-electron chi connectivity index (χ1n) is 6.72. The van der Waals surface area contributed by atoms with Gasteiger partial charge < -0.3 is 10.2 Å². The number of hydrogen-bond acceptors (Lipinski definition) is 2. The van der Waals surface area contributed by atoms with E-state index < -0.39 is 0 Å². The molecule has 0 spiro atoms. The molecular weight excluding hydrogens is 224 g/mol. The molecule has 1 aliphatic rings. The Bertz CT molecular complexity index is 411. The van der Waals surface area contributed by atoms with Gasteiger partial charge in [-0.15, -0.1) is 0 Å². The third kappa shape index (κ3) is 2.50. The van der Waals surface area contributed by atoms with Gasteiger partial charge in [0.1, 0.15) is 0 Å². The van der Waals surface area contributed by atoms with Crippen LogP contribution in [0.25, 0.3) is 0 Å². The molecule has 1 N–H and O–H groups in total. The predicted molar refractivity (Wildman–Crippen MR) is 74.9 cm³/mol. The smallest absolute Gasteiger partial charge is 0.254 e. The minimum absolute atomic E-state index is 0.175. The predicted octanol–water partition coefficient (Wildman–Crippen LogP) is 2.99. The van der Waals surface area contributed by atoms with Crippen molar-refractivity contribution in [2.24, 2.45) is 5.92 Å². The molecule has 0 aromatic heterocycles. The van der Waals surface area contributed by atoms with Crippen molar-refractivity contribution in [2.75, 3.05) is 18.9 Å². The Morgan fingerprint density at radius 2 is 2.00 bits per heavy atom. The summed E-state index contributed by atoms with van der Waals surface area (Å²) in [4.78, 5) is 14.5. The molecule has 1 saturated heterocycles. The fourth-order valence-corrected chi connectivity index (χ4v) is 2.68. The normalized spacial score (nSPS) is 19.3. The highest BCUT2D eigenvalue weighted by molar-refractivity contribution is 5.95. The van der Waals surface area contributed by atoms with Crippen molar-refractivity contribution in [3.63, 3.8) is 0 Å². The summed E-state index contributed by atoms with van der Waals surface area (Å²) in [5.41, 5.74) is 1.83. The van der Waals surface area contributed by atoms with Gasteiger partial charge in [-0.1, -0.05) is 13.8 Å². The zero-order chi connectivity index (χ0) is 13.1. The van der Waals surface area contributed by atoms with Gasteiger partial charge in [-0.3, -0.25) is 4.79 Å². The number of benzene rings is 1. The average Bonchev–Trinajstić information content (AvgIpc) is 2.87. The molecule has 1 aliphatic heterocycles. The summed E-state index contributed by atoms with van der Waals surface area (Å²) >= 11 is 0. The lowest BCUT2D eigenvalue weighted by molar-refractivity contribution is 0.0701. The third-order valence-corrected chi connectivity index (χ3v) is 3.75. The maximum absolute atomic E-state index is 12.5. The van der Waals surface area contributed by atoms with Gasteiger partial charge in [-0.2, -0.15) is 0 Å². The van der Waals surface area contributed by atoms with E-state index in [1.807, 2.05) is 36.2 Å². The summed E-state index contributed by atoms with van der Waals surface area (Å²) < 4.78 is 0. The summed E-state index contributed by atoms with van der Waals surface area (Å²) in [5, 5.41) is 3.06.